The largest absolute Gasteiger partial charge is 0.490 e. The number of carbonyl (C=O) groups excluding carboxylic acids is 4. The molecule has 1 aliphatic carbocycles. The topological polar surface area (TPSA) is 155 Å². The van der Waals surface area contributed by atoms with Gasteiger partial charge in [0.1, 0.15) is 30.3 Å². The molecule has 1 saturated carbocycles. The van der Waals surface area contributed by atoms with E-state index >= 15 is 0 Å². The van der Waals surface area contributed by atoms with Crippen LogP contribution in [0.2, 0.25) is 0 Å². The fraction of sp³-hybridized carbons (Fsp3) is 0.395. The Labute approximate surface area is 325 Å². The lowest BCUT2D eigenvalue weighted by molar-refractivity contribution is -0.136. The third-order valence-corrected chi connectivity index (χ3v) is 12.2. The number of hydrogen-bond donors (Lipinski definition) is 3. The molecule has 1 aromatic heterocycles. The van der Waals surface area contributed by atoms with Gasteiger partial charge in [-0.05, 0) is 72.5 Å². The van der Waals surface area contributed by atoms with E-state index in [0.29, 0.717) is 12.0 Å². The highest BCUT2D eigenvalue weighted by Crippen LogP contribution is 2.37. The quantitative estimate of drug-likeness (QED) is 0.184. The van der Waals surface area contributed by atoms with Gasteiger partial charge in [0.05, 0.1) is 16.8 Å². The first-order valence-electron chi connectivity index (χ1n) is 19.4. The fourth-order valence-corrected chi connectivity index (χ4v) is 8.50. The Bertz CT molecular complexity index is 2200. The highest BCUT2D eigenvalue weighted by atomic mass is 16.5. The molecule has 3 aromatic carbocycles. The molecule has 5 aliphatic rings. The summed E-state index contributed by atoms with van der Waals surface area (Å²) in [5, 5.41) is 9.08. The number of hydrogen-bond acceptors (Lipinski definition) is 11. The average molecular weight is 756 g/mol. The number of ether oxygens (including phenoxy) is 2. The molecule has 3 N–H and O–H groups in total. The first-order valence-corrected chi connectivity index (χ1v) is 19.4. The Morgan fingerprint density at radius 1 is 0.893 bits per heavy atom. The maximum Gasteiger partial charge on any atom is 0.262 e. The van der Waals surface area contributed by atoms with Gasteiger partial charge in [0, 0.05) is 74.2 Å². The summed E-state index contributed by atoms with van der Waals surface area (Å²) < 4.78 is 12.4. The van der Waals surface area contributed by atoms with Crippen molar-refractivity contribution in [3.8, 4) is 11.5 Å². The summed E-state index contributed by atoms with van der Waals surface area (Å²) in [6, 6.07) is 22.7. The summed E-state index contributed by atoms with van der Waals surface area (Å²) in [6.07, 6.45) is 4.82. The number of rotatable bonds is 11. The minimum Gasteiger partial charge on any atom is -0.490 e. The smallest absolute Gasteiger partial charge is 0.262 e. The average Bonchev–Trinajstić information content (AvgIpc) is 3.74. The molecule has 288 valence electrons. The molecule has 56 heavy (non-hydrogen) atoms. The van der Waals surface area contributed by atoms with E-state index in [1.165, 1.54) is 17.5 Å². The van der Waals surface area contributed by atoms with Gasteiger partial charge >= 0.3 is 0 Å². The Balaban J connectivity index is 0.750. The minimum atomic E-state index is -0.984. The molecule has 13 nitrogen and oxygen atoms in total. The molecule has 3 saturated heterocycles. The number of fused-ring (bicyclic) bond motifs is 1. The van der Waals surface area contributed by atoms with Gasteiger partial charge in [-0.25, -0.2) is 9.97 Å². The number of amides is 4. The van der Waals surface area contributed by atoms with Crippen molar-refractivity contribution in [3.05, 3.63) is 107 Å². The number of benzene rings is 3. The van der Waals surface area contributed by atoms with Gasteiger partial charge < -0.3 is 25.0 Å². The first-order chi connectivity index (χ1) is 27.0. The van der Waals surface area contributed by atoms with Crippen LogP contribution in [0.15, 0.2) is 79.0 Å². The Hall–Kier alpha value is -5.82. The molecule has 1 unspecified atom stereocenters. The number of imide groups is 2. The summed E-state index contributed by atoms with van der Waals surface area (Å²) >= 11 is 0. The Morgan fingerprint density at radius 2 is 1.61 bits per heavy atom. The SMILES string of the molecule is CC(C)(c1ccc(OCc2ccnc(N3CCC4(CNC4)C3)n2)cc1)c1ccc(O[C@H]2C[C@H](Nc3ccc4c(c3)C(=O)N(C3CCC(=O)NC3=O)C4=O)C2)cc1. The van der Waals surface area contributed by atoms with E-state index in [9.17, 15) is 19.2 Å². The molecule has 4 fully saturated rings. The third-order valence-electron chi connectivity index (χ3n) is 12.2. The molecule has 1 spiro atoms. The molecule has 4 aromatic rings. The van der Waals surface area contributed by atoms with E-state index in [4.69, 9.17) is 14.5 Å². The van der Waals surface area contributed by atoms with Crippen molar-refractivity contribution in [1.82, 2.24) is 25.5 Å². The molecule has 4 aliphatic heterocycles. The van der Waals surface area contributed by atoms with Crippen LogP contribution in [0.3, 0.4) is 0 Å². The summed E-state index contributed by atoms with van der Waals surface area (Å²) in [7, 11) is 0. The van der Waals surface area contributed by atoms with Crippen molar-refractivity contribution in [3.63, 3.8) is 0 Å². The van der Waals surface area contributed by atoms with Crippen molar-refractivity contribution in [2.75, 3.05) is 36.4 Å². The Kier molecular flexibility index (Phi) is 8.99. The molecular formula is C43H45N7O6. The van der Waals surface area contributed by atoms with Crippen LogP contribution in [0, 0.1) is 5.41 Å². The molecule has 5 heterocycles. The standard InChI is InChI=1S/C43H45N7O6/c1-42(2,26-3-8-31(9-4-26)55-22-29-15-17-45-41(47-29)49-18-16-43(25-49)23-44-24-43)27-5-10-32(11-6-27)56-33-19-30(20-33)46-28-7-12-34-35(21-28)40(54)50(39(34)53)36-13-14-37(51)48-38(36)52/h3-12,15,17,21,30,33,36,44,46H,13-14,16,18-20,22-25H2,1-2H3,(H,48,51,52)/t30-,33-,36?. The fourth-order valence-electron chi connectivity index (χ4n) is 8.50. The van der Waals surface area contributed by atoms with Crippen LogP contribution >= 0.6 is 0 Å². The number of aromatic nitrogens is 2. The van der Waals surface area contributed by atoms with E-state index in [1.54, 1.807) is 18.2 Å². The maximum atomic E-state index is 13.2. The van der Waals surface area contributed by atoms with Crippen molar-refractivity contribution >= 4 is 35.3 Å². The van der Waals surface area contributed by atoms with Gasteiger partial charge in [-0.1, -0.05) is 38.1 Å². The summed E-state index contributed by atoms with van der Waals surface area (Å²) in [5.41, 5.74) is 4.59. The number of anilines is 2. The second-order valence-corrected chi connectivity index (χ2v) is 16.3. The van der Waals surface area contributed by atoms with Gasteiger partial charge in [0.25, 0.3) is 11.8 Å². The van der Waals surface area contributed by atoms with Crippen LogP contribution in [-0.4, -0.2) is 82.9 Å². The summed E-state index contributed by atoms with van der Waals surface area (Å²) in [6.45, 7) is 8.95. The van der Waals surface area contributed by atoms with Crippen LogP contribution < -0.4 is 30.3 Å². The van der Waals surface area contributed by atoms with Crippen LogP contribution in [0.4, 0.5) is 11.6 Å². The van der Waals surface area contributed by atoms with Crippen molar-refractivity contribution in [2.45, 2.75) is 76.2 Å². The zero-order valence-corrected chi connectivity index (χ0v) is 31.5. The second kappa shape index (κ2) is 14.0. The van der Waals surface area contributed by atoms with E-state index in [1.807, 2.05) is 36.5 Å². The first kappa shape index (κ1) is 35.9. The Morgan fingerprint density at radius 3 is 2.29 bits per heavy atom. The molecule has 4 amide bonds. The van der Waals surface area contributed by atoms with Crippen molar-refractivity contribution < 1.29 is 28.7 Å². The van der Waals surface area contributed by atoms with Gasteiger partial charge in [-0.3, -0.25) is 29.4 Å². The van der Waals surface area contributed by atoms with Crippen LogP contribution in [0.5, 0.6) is 11.5 Å². The van der Waals surface area contributed by atoms with Crippen molar-refractivity contribution in [1.29, 1.82) is 0 Å². The molecule has 0 bridgehead atoms. The summed E-state index contributed by atoms with van der Waals surface area (Å²) in [5.74, 6) is 0.336. The molecular weight excluding hydrogens is 711 g/mol. The minimum absolute atomic E-state index is 0.0469. The maximum absolute atomic E-state index is 13.2. The lowest BCUT2D eigenvalue weighted by Crippen LogP contribution is -2.54. The van der Waals surface area contributed by atoms with E-state index in [0.717, 1.165) is 72.7 Å². The highest BCUT2D eigenvalue weighted by Gasteiger charge is 2.45. The zero-order chi connectivity index (χ0) is 38.6. The van der Waals surface area contributed by atoms with Crippen molar-refractivity contribution in [2.24, 2.45) is 5.41 Å². The summed E-state index contributed by atoms with van der Waals surface area (Å²) in [4.78, 5) is 62.8. The molecule has 1 atom stereocenters. The predicted molar refractivity (Wildman–Crippen MR) is 208 cm³/mol. The van der Waals surface area contributed by atoms with Crippen LogP contribution in [0.1, 0.15) is 83.5 Å². The number of nitrogens with zero attached hydrogens (tertiary/aromatic N) is 4. The molecule has 13 heteroatoms. The monoisotopic (exact) mass is 755 g/mol. The van der Waals surface area contributed by atoms with Crippen LogP contribution in [-0.2, 0) is 21.6 Å². The van der Waals surface area contributed by atoms with Gasteiger partial charge in [0.15, 0.2) is 0 Å². The number of piperidine rings is 1. The van der Waals surface area contributed by atoms with Crippen LogP contribution in [0.25, 0.3) is 0 Å². The van der Waals surface area contributed by atoms with Gasteiger partial charge in [-0.15, -0.1) is 0 Å². The molecule has 9 rings (SSSR count). The van der Waals surface area contributed by atoms with Gasteiger partial charge in [-0.2, -0.15) is 0 Å². The van der Waals surface area contributed by atoms with E-state index in [2.05, 4.69) is 63.9 Å². The lowest BCUT2D eigenvalue weighted by atomic mass is 9.78. The van der Waals surface area contributed by atoms with Gasteiger partial charge in [0.2, 0.25) is 17.8 Å². The predicted octanol–water partition coefficient (Wildman–Crippen LogP) is 4.60. The zero-order valence-electron chi connectivity index (χ0n) is 31.5. The normalized spacial score (nSPS) is 22.7. The second-order valence-electron chi connectivity index (χ2n) is 16.3. The number of nitrogens with one attached hydrogen (secondary N) is 3. The highest BCUT2D eigenvalue weighted by molar-refractivity contribution is 6.23. The third kappa shape index (κ3) is 6.74. The van der Waals surface area contributed by atoms with E-state index in [-0.39, 0.29) is 41.5 Å². The lowest BCUT2D eigenvalue weighted by Gasteiger charge is -2.38. The molecule has 0 radical (unpaired) electrons. The number of carbonyl (C=O) groups is 4. The van der Waals surface area contributed by atoms with E-state index < -0.39 is 29.7 Å².